The first-order valence-electron chi connectivity index (χ1n) is 11.1. The van der Waals surface area contributed by atoms with Gasteiger partial charge in [-0.25, -0.2) is 0 Å². The van der Waals surface area contributed by atoms with E-state index in [0.29, 0.717) is 12.1 Å². The normalized spacial score (nSPS) is 18.4. The molecule has 30 heavy (non-hydrogen) atoms. The number of rotatable bonds is 6. The Kier molecular flexibility index (Phi) is 5.75. The minimum absolute atomic E-state index is 0.162. The van der Waals surface area contributed by atoms with Gasteiger partial charge < -0.3 is 4.42 Å². The molecule has 0 amide bonds. The van der Waals surface area contributed by atoms with Crippen LogP contribution in [-0.4, -0.2) is 35.1 Å². The zero-order chi connectivity index (χ0) is 21.6. The van der Waals surface area contributed by atoms with Crippen LogP contribution < -0.4 is 0 Å². The Morgan fingerprint density at radius 2 is 1.80 bits per heavy atom. The largest absolute Gasteiger partial charge is 0.459 e. The second kappa shape index (κ2) is 8.05. The Bertz CT molecular complexity index is 1030. The SMILES string of the molecule is CC(C)N(CCSC1=CC2=C(CC1)C(=O)c1c(oc3ccccc13)C2(C)C)C(C)C. The molecule has 4 rings (SSSR count). The molecule has 1 aromatic heterocycles. The maximum absolute atomic E-state index is 13.4. The highest BCUT2D eigenvalue weighted by Gasteiger charge is 2.43. The van der Waals surface area contributed by atoms with Gasteiger partial charge in [-0.3, -0.25) is 9.69 Å². The number of nitrogens with zero attached hydrogens (tertiary/aromatic N) is 1. The fourth-order valence-corrected chi connectivity index (χ4v) is 6.00. The zero-order valence-electron chi connectivity index (χ0n) is 19.0. The summed E-state index contributed by atoms with van der Waals surface area (Å²) in [6.07, 6.45) is 4.07. The van der Waals surface area contributed by atoms with Gasteiger partial charge >= 0.3 is 0 Å². The molecule has 2 aromatic rings. The Balaban J connectivity index is 1.60. The Hall–Kier alpha value is -1.78. The van der Waals surface area contributed by atoms with Gasteiger partial charge in [0.2, 0.25) is 0 Å². The highest BCUT2D eigenvalue weighted by Crippen LogP contribution is 2.49. The standard InChI is InChI=1S/C26H33NO2S/c1-16(2)27(17(3)4)13-14-30-18-11-12-19-21(15-18)26(5,6)25-23(24(19)28)20-9-7-8-10-22(20)29-25/h7-10,15-17H,11-14H2,1-6H3. The second-order valence-electron chi connectivity index (χ2n) is 9.53. The fraction of sp³-hybridized carbons (Fsp3) is 0.500. The average Bonchev–Trinajstić information content (AvgIpc) is 3.10. The molecule has 1 heterocycles. The summed E-state index contributed by atoms with van der Waals surface area (Å²) in [5, 5.41) is 0.948. The molecule has 2 aliphatic carbocycles. The van der Waals surface area contributed by atoms with Crippen molar-refractivity contribution in [1.29, 1.82) is 0 Å². The number of hydrogen-bond acceptors (Lipinski definition) is 4. The van der Waals surface area contributed by atoms with E-state index in [1.54, 1.807) is 0 Å². The van der Waals surface area contributed by atoms with Crippen LogP contribution in [0.15, 0.2) is 50.8 Å². The van der Waals surface area contributed by atoms with E-state index in [4.69, 9.17) is 4.42 Å². The minimum Gasteiger partial charge on any atom is -0.459 e. The summed E-state index contributed by atoms with van der Waals surface area (Å²) in [6.45, 7) is 14.5. The lowest BCUT2D eigenvalue weighted by Gasteiger charge is -2.35. The zero-order valence-corrected chi connectivity index (χ0v) is 19.9. The van der Waals surface area contributed by atoms with Crippen molar-refractivity contribution in [2.24, 2.45) is 0 Å². The molecule has 0 unspecified atom stereocenters. The number of thioether (sulfide) groups is 1. The predicted molar refractivity (Wildman–Crippen MR) is 127 cm³/mol. The second-order valence-corrected chi connectivity index (χ2v) is 10.8. The predicted octanol–water partition coefficient (Wildman–Crippen LogP) is 6.73. The molecule has 160 valence electrons. The Labute approximate surface area is 184 Å². The molecule has 2 aliphatic rings. The van der Waals surface area contributed by atoms with Gasteiger partial charge in [-0.1, -0.05) is 18.2 Å². The van der Waals surface area contributed by atoms with E-state index < -0.39 is 0 Å². The van der Waals surface area contributed by atoms with E-state index in [-0.39, 0.29) is 11.2 Å². The van der Waals surface area contributed by atoms with Crippen molar-refractivity contribution < 1.29 is 9.21 Å². The number of Topliss-reactive ketones (excluding diaryl/α,β-unsaturated/α-hetero) is 1. The molecular formula is C26H33NO2S. The quantitative estimate of drug-likeness (QED) is 0.515. The molecular weight excluding hydrogens is 390 g/mol. The molecule has 0 saturated heterocycles. The van der Waals surface area contributed by atoms with E-state index >= 15 is 0 Å². The van der Waals surface area contributed by atoms with Crippen LogP contribution >= 0.6 is 11.8 Å². The van der Waals surface area contributed by atoms with Crippen molar-refractivity contribution in [3.05, 3.63) is 57.7 Å². The van der Waals surface area contributed by atoms with Crippen LogP contribution in [-0.2, 0) is 5.41 Å². The van der Waals surface area contributed by atoms with Crippen molar-refractivity contribution in [2.75, 3.05) is 12.3 Å². The number of allylic oxidation sites excluding steroid dienone is 4. The number of ketones is 1. The van der Waals surface area contributed by atoms with Crippen molar-refractivity contribution in [1.82, 2.24) is 4.90 Å². The van der Waals surface area contributed by atoms with Crippen LogP contribution in [0, 0.1) is 0 Å². The van der Waals surface area contributed by atoms with E-state index in [1.807, 2.05) is 36.0 Å². The van der Waals surface area contributed by atoms with Crippen LogP contribution in [0.1, 0.15) is 70.5 Å². The van der Waals surface area contributed by atoms with Gasteiger partial charge in [0.25, 0.3) is 0 Å². The Morgan fingerprint density at radius 3 is 2.50 bits per heavy atom. The number of para-hydroxylation sites is 1. The highest BCUT2D eigenvalue weighted by molar-refractivity contribution is 8.03. The van der Waals surface area contributed by atoms with Crippen LogP contribution in [0.4, 0.5) is 0 Å². The maximum atomic E-state index is 13.4. The van der Waals surface area contributed by atoms with Gasteiger partial charge in [-0.2, -0.15) is 0 Å². The van der Waals surface area contributed by atoms with E-state index in [9.17, 15) is 4.79 Å². The number of furan rings is 1. The summed E-state index contributed by atoms with van der Waals surface area (Å²) >= 11 is 1.95. The molecule has 4 heteroatoms. The topological polar surface area (TPSA) is 33.5 Å². The molecule has 0 spiro atoms. The summed E-state index contributed by atoms with van der Waals surface area (Å²) in [5.41, 5.74) is 3.42. The molecule has 0 fully saturated rings. The molecule has 0 saturated carbocycles. The number of carbonyl (C=O) groups excluding carboxylic acids is 1. The molecule has 0 radical (unpaired) electrons. The van der Waals surface area contributed by atoms with E-state index in [2.05, 4.69) is 52.5 Å². The molecule has 0 bridgehead atoms. The Morgan fingerprint density at radius 1 is 1.10 bits per heavy atom. The summed E-state index contributed by atoms with van der Waals surface area (Å²) in [5.74, 6) is 2.06. The molecule has 3 nitrogen and oxygen atoms in total. The summed E-state index contributed by atoms with van der Waals surface area (Å²) in [7, 11) is 0. The third-order valence-electron chi connectivity index (χ3n) is 6.55. The fourth-order valence-electron chi connectivity index (χ4n) is 4.99. The van der Waals surface area contributed by atoms with Crippen LogP contribution in [0.25, 0.3) is 11.0 Å². The summed E-state index contributed by atoms with van der Waals surface area (Å²) < 4.78 is 6.23. The third-order valence-corrected chi connectivity index (χ3v) is 7.63. The van der Waals surface area contributed by atoms with Crippen LogP contribution in [0.3, 0.4) is 0 Å². The van der Waals surface area contributed by atoms with Gasteiger partial charge in [0.05, 0.1) is 5.56 Å². The average molecular weight is 424 g/mol. The van der Waals surface area contributed by atoms with Gasteiger partial charge in [-0.05, 0) is 77.0 Å². The van der Waals surface area contributed by atoms with Gasteiger partial charge in [0.15, 0.2) is 5.78 Å². The van der Waals surface area contributed by atoms with E-state index in [0.717, 1.165) is 58.6 Å². The number of hydrogen-bond donors (Lipinski definition) is 0. The number of carbonyl (C=O) groups is 1. The lowest BCUT2D eigenvalue weighted by molar-refractivity contribution is 0.102. The molecule has 0 atom stereocenters. The molecule has 1 aromatic carbocycles. The first-order chi connectivity index (χ1) is 14.2. The summed E-state index contributed by atoms with van der Waals surface area (Å²) in [4.78, 5) is 17.3. The van der Waals surface area contributed by atoms with Crippen molar-refractivity contribution in [2.45, 2.75) is 71.9 Å². The highest BCUT2D eigenvalue weighted by atomic mass is 32.2. The number of benzene rings is 1. The first kappa shape index (κ1) is 21.5. The smallest absolute Gasteiger partial charge is 0.193 e. The molecule has 0 aliphatic heterocycles. The van der Waals surface area contributed by atoms with Gasteiger partial charge in [0, 0.05) is 40.8 Å². The van der Waals surface area contributed by atoms with Crippen molar-refractivity contribution >= 4 is 28.5 Å². The van der Waals surface area contributed by atoms with Gasteiger partial charge in [-0.15, -0.1) is 11.8 Å². The lowest BCUT2D eigenvalue weighted by atomic mass is 9.69. The minimum atomic E-state index is -0.300. The first-order valence-corrected chi connectivity index (χ1v) is 12.1. The maximum Gasteiger partial charge on any atom is 0.193 e. The van der Waals surface area contributed by atoms with Gasteiger partial charge in [0.1, 0.15) is 11.3 Å². The van der Waals surface area contributed by atoms with E-state index in [1.165, 1.54) is 4.91 Å². The van der Waals surface area contributed by atoms with Crippen molar-refractivity contribution in [3.8, 4) is 0 Å². The third kappa shape index (κ3) is 3.58. The number of fused-ring (bicyclic) bond motifs is 3. The lowest BCUT2D eigenvalue weighted by Crippen LogP contribution is -2.38. The van der Waals surface area contributed by atoms with Crippen LogP contribution in [0.2, 0.25) is 0 Å². The summed E-state index contributed by atoms with van der Waals surface area (Å²) in [6, 6.07) is 9.03. The monoisotopic (exact) mass is 423 g/mol. The molecule has 0 N–H and O–H groups in total. The van der Waals surface area contributed by atoms with Crippen molar-refractivity contribution in [3.63, 3.8) is 0 Å². The van der Waals surface area contributed by atoms with Crippen LogP contribution in [0.5, 0.6) is 0 Å².